The van der Waals surface area contributed by atoms with Gasteiger partial charge in [0.25, 0.3) is 11.4 Å². The molecule has 0 aromatic heterocycles. The maximum Gasteiger partial charge on any atom is 0.472 e. The molecule has 0 radical (unpaired) electrons. The number of phosphoric ester groups is 1. The topological polar surface area (TPSA) is 205 Å². The van der Waals surface area contributed by atoms with Gasteiger partial charge in [-0.05, 0) is 91.2 Å². The first kappa shape index (κ1) is 48.1. The lowest BCUT2D eigenvalue weighted by Crippen LogP contribution is -2.31. The summed E-state index contributed by atoms with van der Waals surface area (Å²) in [5.41, 5.74) is -1.52. The van der Waals surface area contributed by atoms with E-state index in [0.29, 0.717) is 25.4 Å². The first-order valence-corrected chi connectivity index (χ1v) is 23.4. The van der Waals surface area contributed by atoms with E-state index in [-0.39, 0.29) is 72.2 Å². The van der Waals surface area contributed by atoms with Crippen molar-refractivity contribution >= 4 is 26.8 Å². The highest BCUT2D eigenvalue weighted by molar-refractivity contribution is 7.53. The van der Waals surface area contributed by atoms with Crippen LogP contribution in [0.4, 0.5) is 11.4 Å². The Morgan fingerprint density at radius 2 is 1.26 bits per heavy atom. The molecule has 4 unspecified atom stereocenters. The fourth-order valence-corrected chi connectivity index (χ4v) is 9.93. The van der Waals surface area contributed by atoms with Gasteiger partial charge in [0.2, 0.25) is 0 Å². The molecule has 2 aliphatic carbocycles. The molecule has 16 nitrogen and oxygen atoms in total. The van der Waals surface area contributed by atoms with Crippen molar-refractivity contribution in [1.82, 2.24) is 0 Å². The summed E-state index contributed by atoms with van der Waals surface area (Å²) in [6, 6.07) is 11.3. The second kappa shape index (κ2) is 20.3. The Hall–Kier alpha value is -2.62. The Morgan fingerprint density at radius 3 is 1.79 bits per heavy atom. The lowest BCUT2D eigenvalue weighted by Gasteiger charge is -2.30. The fraction of sp³-hybridized carbons (Fsp3) is 0.700. The Kier molecular flexibility index (Phi) is 16.8. The molecule has 326 valence electrons. The van der Waals surface area contributed by atoms with Gasteiger partial charge < -0.3 is 28.2 Å². The summed E-state index contributed by atoms with van der Waals surface area (Å²) in [7, 11) is -8.56. The van der Waals surface area contributed by atoms with Gasteiger partial charge in [-0.1, -0.05) is 38.1 Å². The molecular weight excluding hydrogens is 794 g/mol. The van der Waals surface area contributed by atoms with Crippen molar-refractivity contribution in [2.45, 2.75) is 123 Å². The molecule has 10 atom stereocenters. The highest BCUT2D eigenvalue weighted by Crippen LogP contribution is 2.53. The molecule has 0 amide bonds. The van der Waals surface area contributed by atoms with Crippen LogP contribution in [0.3, 0.4) is 0 Å². The normalized spacial score (nSPS) is 25.8. The van der Waals surface area contributed by atoms with E-state index in [4.69, 9.17) is 32.3 Å². The molecule has 58 heavy (non-hydrogen) atoms. The highest BCUT2D eigenvalue weighted by atomic mass is 31.2. The van der Waals surface area contributed by atoms with Crippen molar-refractivity contribution in [2.75, 3.05) is 33.1 Å². The Morgan fingerprint density at radius 1 is 0.741 bits per heavy atom. The van der Waals surface area contributed by atoms with Crippen LogP contribution >= 0.6 is 15.4 Å². The maximum absolute atomic E-state index is 13.7. The third-order valence-electron chi connectivity index (χ3n) is 10.1. The smallest absolute Gasteiger partial charge is 0.375 e. The summed E-state index contributed by atoms with van der Waals surface area (Å²) in [4.78, 5) is 34.3. The van der Waals surface area contributed by atoms with Gasteiger partial charge in [-0.3, -0.25) is 33.8 Å². The monoisotopic (exact) mass is 856 g/mol. The minimum Gasteiger partial charge on any atom is -0.375 e. The van der Waals surface area contributed by atoms with Gasteiger partial charge in [-0.25, -0.2) is 4.57 Å². The molecule has 0 spiro atoms. The van der Waals surface area contributed by atoms with Gasteiger partial charge in [0, 0.05) is 37.1 Å². The van der Waals surface area contributed by atoms with Crippen LogP contribution in [0.25, 0.3) is 0 Å². The second-order valence-electron chi connectivity index (χ2n) is 17.7. The quantitative estimate of drug-likeness (QED) is 0.0537. The number of phosphoric acid groups is 1. The molecule has 4 rings (SSSR count). The van der Waals surface area contributed by atoms with E-state index in [2.05, 4.69) is 13.8 Å². The first-order valence-electron chi connectivity index (χ1n) is 19.9. The zero-order valence-corrected chi connectivity index (χ0v) is 36.9. The van der Waals surface area contributed by atoms with Gasteiger partial charge in [-0.2, -0.15) is 0 Å². The molecule has 0 heterocycles. The van der Waals surface area contributed by atoms with E-state index in [0.717, 1.165) is 12.8 Å². The summed E-state index contributed by atoms with van der Waals surface area (Å²) in [5, 5.41) is 24.4. The van der Waals surface area contributed by atoms with Gasteiger partial charge in [0.05, 0.1) is 76.9 Å². The molecular formula is C40H62N2O14P2. The molecule has 0 saturated heterocycles. The molecule has 2 aromatic carbocycles. The standard InChI is InChI=1S/C40H62N2O14P2/c1-27-21-30(35(22-27)54-40(6,7)8)26-53-58(48,49)56-38(32-15-11-13-17-34(32)42(45)46)24-37(31-14-10-12-16-33(31)41(43)44)50-18-19-52-57(9,47)55-36-23-28(2)20-29(36)25-51-39(3,4)5/h10-17,27-30,35-38H,18-26H2,1-9H3,(H,48,49)/t27-,28-,29-,30-,35-,36-,37?,38?,57?/m1/s1. The fourth-order valence-electron chi connectivity index (χ4n) is 7.75. The lowest BCUT2D eigenvalue weighted by atomic mass is 9.96. The number of nitrogens with zero attached hydrogens (tertiary/aromatic N) is 2. The van der Waals surface area contributed by atoms with Crippen molar-refractivity contribution in [3.63, 3.8) is 0 Å². The number of para-hydroxylation sites is 2. The van der Waals surface area contributed by atoms with Crippen LogP contribution in [-0.2, 0) is 41.4 Å². The summed E-state index contributed by atoms with van der Waals surface area (Å²) < 4.78 is 68.8. The Bertz CT molecular complexity index is 1780. The van der Waals surface area contributed by atoms with Crippen LogP contribution in [0.1, 0.15) is 111 Å². The summed E-state index contributed by atoms with van der Waals surface area (Å²) in [6.45, 7) is 17.0. The van der Waals surface area contributed by atoms with Gasteiger partial charge in [-0.15, -0.1) is 0 Å². The predicted molar refractivity (Wildman–Crippen MR) is 218 cm³/mol. The van der Waals surface area contributed by atoms with E-state index >= 15 is 0 Å². The van der Waals surface area contributed by atoms with Gasteiger partial charge in [0.15, 0.2) is 0 Å². The minimum atomic E-state index is -4.94. The molecule has 0 bridgehead atoms. The molecule has 2 aromatic rings. The Labute approximate surface area is 342 Å². The highest BCUT2D eigenvalue weighted by Gasteiger charge is 2.41. The van der Waals surface area contributed by atoms with Crippen LogP contribution in [0.2, 0.25) is 0 Å². The number of hydrogen-bond donors (Lipinski definition) is 1. The van der Waals surface area contributed by atoms with E-state index < -0.39 is 55.2 Å². The lowest BCUT2D eigenvalue weighted by molar-refractivity contribution is -0.386. The zero-order chi connectivity index (χ0) is 43.1. The van der Waals surface area contributed by atoms with Crippen molar-refractivity contribution in [3.8, 4) is 0 Å². The van der Waals surface area contributed by atoms with Gasteiger partial charge >= 0.3 is 15.4 Å². The van der Waals surface area contributed by atoms with Crippen LogP contribution in [0.5, 0.6) is 0 Å². The average Bonchev–Trinajstić information content (AvgIpc) is 3.64. The third-order valence-corrected chi connectivity index (χ3v) is 12.4. The van der Waals surface area contributed by atoms with Crippen molar-refractivity contribution < 1.29 is 56.2 Å². The van der Waals surface area contributed by atoms with Crippen LogP contribution < -0.4 is 0 Å². The largest absolute Gasteiger partial charge is 0.472 e. The van der Waals surface area contributed by atoms with Crippen LogP contribution in [0, 0.1) is 43.9 Å². The van der Waals surface area contributed by atoms with Crippen molar-refractivity contribution in [1.29, 1.82) is 0 Å². The van der Waals surface area contributed by atoms with E-state index in [1.807, 2.05) is 41.5 Å². The Balaban J connectivity index is 1.55. The van der Waals surface area contributed by atoms with Crippen molar-refractivity contribution in [2.24, 2.45) is 23.7 Å². The molecule has 2 saturated carbocycles. The SMILES string of the molecule is C[C@@H]1C[C@H](COP(=O)(O)OC(CC(OCCOP(C)(=O)O[C@@H]2C[C@H](C)C[C@@H]2COC(C)(C)C)c2ccccc2[N+](=O)[O-])c2ccccc2[N+](=O)[O-])[C@H](OC(C)(C)C)C1. The molecule has 2 fully saturated rings. The predicted octanol–water partition coefficient (Wildman–Crippen LogP) is 10.1. The van der Waals surface area contributed by atoms with E-state index in [1.54, 1.807) is 6.07 Å². The molecule has 0 aliphatic heterocycles. The number of hydrogen-bond acceptors (Lipinski definition) is 13. The third kappa shape index (κ3) is 15.1. The van der Waals surface area contributed by atoms with E-state index in [9.17, 15) is 34.3 Å². The second-order valence-corrected chi connectivity index (χ2v) is 21.1. The molecule has 18 heteroatoms. The summed E-state index contributed by atoms with van der Waals surface area (Å²) in [6.07, 6.45) is -0.764. The van der Waals surface area contributed by atoms with Crippen molar-refractivity contribution in [3.05, 3.63) is 79.9 Å². The van der Waals surface area contributed by atoms with E-state index in [1.165, 1.54) is 49.1 Å². The first-order chi connectivity index (χ1) is 26.9. The summed E-state index contributed by atoms with van der Waals surface area (Å²) >= 11 is 0. The number of nitro groups is 2. The summed E-state index contributed by atoms with van der Waals surface area (Å²) in [5.74, 6) is 0.429. The number of benzene rings is 2. The zero-order valence-electron chi connectivity index (χ0n) is 35.1. The number of rotatable bonds is 21. The molecule has 1 N–H and O–H groups in total. The van der Waals surface area contributed by atoms with Crippen LogP contribution in [0.15, 0.2) is 48.5 Å². The van der Waals surface area contributed by atoms with Gasteiger partial charge in [0.1, 0.15) is 6.10 Å². The average molecular weight is 857 g/mol. The number of nitro benzene ring substituents is 2. The molecule has 2 aliphatic rings. The number of ether oxygens (including phenoxy) is 3. The van der Waals surface area contributed by atoms with Crippen LogP contribution in [-0.4, -0.2) is 71.2 Å². The minimum absolute atomic E-state index is 0.0239. The maximum atomic E-state index is 13.7.